The van der Waals surface area contributed by atoms with Crippen LogP contribution in [0, 0.1) is 13.8 Å². The van der Waals surface area contributed by atoms with Gasteiger partial charge in [0.2, 0.25) is 5.91 Å². The third-order valence-electron chi connectivity index (χ3n) is 3.33. The molecule has 0 radical (unpaired) electrons. The van der Waals surface area contributed by atoms with Gasteiger partial charge >= 0.3 is 0 Å². The van der Waals surface area contributed by atoms with Crippen LogP contribution in [0.5, 0.6) is 0 Å². The van der Waals surface area contributed by atoms with Crippen molar-refractivity contribution in [3.8, 4) is 0 Å². The first-order valence-electron chi connectivity index (χ1n) is 7.13. The van der Waals surface area contributed by atoms with Crippen molar-refractivity contribution in [3.05, 3.63) is 41.2 Å². The van der Waals surface area contributed by atoms with Crippen molar-refractivity contribution in [1.29, 1.82) is 0 Å². The summed E-state index contributed by atoms with van der Waals surface area (Å²) in [7, 11) is 1.73. The predicted molar refractivity (Wildman–Crippen MR) is 86.0 cm³/mol. The van der Waals surface area contributed by atoms with Crippen LogP contribution in [-0.2, 0) is 11.8 Å². The van der Waals surface area contributed by atoms with E-state index in [-0.39, 0.29) is 11.8 Å². The van der Waals surface area contributed by atoms with Crippen LogP contribution < -0.4 is 10.6 Å². The Morgan fingerprint density at radius 1 is 1.18 bits per heavy atom. The van der Waals surface area contributed by atoms with Gasteiger partial charge in [-0.3, -0.25) is 14.3 Å². The predicted octanol–water partition coefficient (Wildman–Crippen LogP) is 2.64. The first kappa shape index (κ1) is 15.8. The number of aromatic nitrogens is 2. The molecule has 116 valence electrons. The molecule has 6 nitrogen and oxygen atoms in total. The number of carbonyl (C=O) groups excluding carboxylic acids is 2. The van der Waals surface area contributed by atoms with E-state index in [0.29, 0.717) is 23.5 Å². The summed E-state index contributed by atoms with van der Waals surface area (Å²) in [4.78, 5) is 23.8. The third-order valence-corrected chi connectivity index (χ3v) is 3.33. The Labute approximate surface area is 129 Å². The van der Waals surface area contributed by atoms with Gasteiger partial charge in [0.15, 0.2) is 0 Å². The maximum Gasteiger partial charge on any atom is 0.273 e. The van der Waals surface area contributed by atoms with Gasteiger partial charge in [0, 0.05) is 24.8 Å². The molecule has 0 saturated heterocycles. The average Bonchev–Trinajstić information content (AvgIpc) is 2.81. The van der Waals surface area contributed by atoms with Crippen LogP contribution >= 0.6 is 0 Å². The van der Waals surface area contributed by atoms with Crippen LogP contribution in [0.1, 0.15) is 35.1 Å². The van der Waals surface area contributed by atoms with Gasteiger partial charge < -0.3 is 10.6 Å². The van der Waals surface area contributed by atoms with Gasteiger partial charge in [0.1, 0.15) is 5.69 Å². The standard InChI is InChI=1S/C16H20N4O2/c1-5-15(21)17-12-7-6-10(2)13(9-12)18-16(22)14-8-11(3)19-20(14)4/h6-9H,5H2,1-4H3,(H,17,21)(H,18,22). The molecule has 0 atom stereocenters. The molecule has 2 aromatic rings. The molecular weight excluding hydrogens is 280 g/mol. The highest BCUT2D eigenvalue weighted by Crippen LogP contribution is 2.21. The summed E-state index contributed by atoms with van der Waals surface area (Å²) in [6.07, 6.45) is 0.407. The highest BCUT2D eigenvalue weighted by Gasteiger charge is 2.13. The van der Waals surface area contributed by atoms with Crippen molar-refractivity contribution in [2.75, 3.05) is 10.6 Å². The lowest BCUT2D eigenvalue weighted by Crippen LogP contribution is -2.17. The second-order valence-electron chi connectivity index (χ2n) is 5.18. The Balaban J connectivity index is 2.21. The Morgan fingerprint density at radius 3 is 2.50 bits per heavy atom. The summed E-state index contributed by atoms with van der Waals surface area (Å²) in [5.41, 5.74) is 3.52. The van der Waals surface area contributed by atoms with Crippen molar-refractivity contribution in [2.24, 2.45) is 7.05 Å². The zero-order valence-electron chi connectivity index (χ0n) is 13.2. The zero-order chi connectivity index (χ0) is 16.3. The molecule has 0 aliphatic rings. The van der Waals surface area contributed by atoms with Gasteiger partial charge in [-0.15, -0.1) is 0 Å². The number of aryl methyl sites for hydroxylation is 3. The van der Waals surface area contributed by atoms with E-state index in [0.717, 1.165) is 11.3 Å². The van der Waals surface area contributed by atoms with Gasteiger partial charge in [-0.2, -0.15) is 5.10 Å². The van der Waals surface area contributed by atoms with Crippen molar-refractivity contribution < 1.29 is 9.59 Å². The largest absolute Gasteiger partial charge is 0.326 e. The zero-order valence-corrected chi connectivity index (χ0v) is 13.2. The quantitative estimate of drug-likeness (QED) is 0.911. The molecule has 0 aliphatic carbocycles. The van der Waals surface area contributed by atoms with Crippen LogP contribution in [-0.4, -0.2) is 21.6 Å². The van der Waals surface area contributed by atoms with Crippen LogP contribution in [0.15, 0.2) is 24.3 Å². The number of carbonyl (C=O) groups is 2. The van der Waals surface area contributed by atoms with Crippen LogP contribution in [0.3, 0.4) is 0 Å². The normalized spacial score (nSPS) is 10.4. The molecule has 0 saturated carbocycles. The Hall–Kier alpha value is -2.63. The fourth-order valence-corrected chi connectivity index (χ4v) is 2.09. The van der Waals surface area contributed by atoms with E-state index in [2.05, 4.69) is 15.7 Å². The van der Waals surface area contributed by atoms with E-state index in [4.69, 9.17) is 0 Å². The van der Waals surface area contributed by atoms with Gasteiger partial charge in [-0.25, -0.2) is 0 Å². The summed E-state index contributed by atoms with van der Waals surface area (Å²) in [5.74, 6) is -0.298. The van der Waals surface area contributed by atoms with E-state index in [1.807, 2.05) is 26.0 Å². The first-order valence-corrected chi connectivity index (χ1v) is 7.13. The maximum absolute atomic E-state index is 12.3. The number of rotatable bonds is 4. The molecule has 2 amide bonds. The molecule has 0 aliphatic heterocycles. The Kier molecular flexibility index (Phi) is 4.60. The molecule has 2 rings (SSSR count). The molecule has 0 spiro atoms. The summed E-state index contributed by atoms with van der Waals surface area (Å²) >= 11 is 0. The second kappa shape index (κ2) is 6.43. The molecule has 1 heterocycles. The van der Waals surface area contributed by atoms with E-state index in [1.54, 1.807) is 30.8 Å². The molecule has 1 aromatic heterocycles. The molecule has 0 fully saturated rings. The van der Waals surface area contributed by atoms with Crippen LogP contribution in [0.4, 0.5) is 11.4 Å². The number of nitrogens with zero attached hydrogens (tertiary/aromatic N) is 2. The van der Waals surface area contributed by atoms with E-state index < -0.39 is 0 Å². The van der Waals surface area contributed by atoms with Crippen molar-refractivity contribution in [1.82, 2.24) is 9.78 Å². The second-order valence-corrected chi connectivity index (χ2v) is 5.18. The van der Waals surface area contributed by atoms with E-state index in [9.17, 15) is 9.59 Å². The summed E-state index contributed by atoms with van der Waals surface area (Å²) in [6.45, 7) is 5.52. The summed E-state index contributed by atoms with van der Waals surface area (Å²) < 4.78 is 1.54. The number of hydrogen-bond acceptors (Lipinski definition) is 3. The maximum atomic E-state index is 12.3. The highest BCUT2D eigenvalue weighted by molar-refractivity contribution is 6.04. The number of amides is 2. The van der Waals surface area contributed by atoms with Gasteiger partial charge in [-0.05, 0) is 37.6 Å². The fourth-order valence-electron chi connectivity index (χ4n) is 2.09. The van der Waals surface area contributed by atoms with Crippen molar-refractivity contribution >= 4 is 23.2 Å². The Bertz CT molecular complexity index is 719. The highest BCUT2D eigenvalue weighted by atomic mass is 16.2. The molecule has 22 heavy (non-hydrogen) atoms. The molecule has 1 aromatic carbocycles. The van der Waals surface area contributed by atoms with E-state index in [1.165, 1.54) is 0 Å². The molecule has 2 N–H and O–H groups in total. The number of benzene rings is 1. The molecule has 6 heteroatoms. The number of anilines is 2. The lowest BCUT2D eigenvalue weighted by atomic mass is 10.1. The minimum absolute atomic E-state index is 0.0663. The number of hydrogen-bond donors (Lipinski definition) is 2. The average molecular weight is 300 g/mol. The van der Waals surface area contributed by atoms with E-state index >= 15 is 0 Å². The lowest BCUT2D eigenvalue weighted by molar-refractivity contribution is -0.115. The van der Waals surface area contributed by atoms with Gasteiger partial charge in [0.05, 0.1) is 5.69 Å². The number of nitrogens with one attached hydrogen (secondary N) is 2. The minimum atomic E-state index is -0.231. The molecular formula is C16H20N4O2. The fraction of sp³-hybridized carbons (Fsp3) is 0.312. The van der Waals surface area contributed by atoms with Crippen LogP contribution in [0.2, 0.25) is 0 Å². The molecule has 0 unspecified atom stereocenters. The topological polar surface area (TPSA) is 76.0 Å². The Morgan fingerprint density at radius 2 is 1.91 bits per heavy atom. The van der Waals surface area contributed by atoms with Crippen molar-refractivity contribution in [2.45, 2.75) is 27.2 Å². The van der Waals surface area contributed by atoms with Gasteiger partial charge in [-0.1, -0.05) is 13.0 Å². The summed E-state index contributed by atoms with van der Waals surface area (Å²) in [6, 6.07) is 7.15. The SMILES string of the molecule is CCC(=O)Nc1ccc(C)c(NC(=O)c2cc(C)nn2C)c1. The smallest absolute Gasteiger partial charge is 0.273 e. The minimum Gasteiger partial charge on any atom is -0.326 e. The lowest BCUT2D eigenvalue weighted by Gasteiger charge is -2.11. The third kappa shape index (κ3) is 3.52. The first-order chi connectivity index (χ1) is 10.4. The van der Waals surface area contributed by atoms with Crippen molar-refractivity contribution in [3.63, 3.8) is 0 Å². The van der Waals surface area contributed by atoms with Gasteiger partial charge in [0.25, 0.3) is 5.91 Å². The molecule has 0 bridgehead atoms. The van der Waals surface area contributed by atoms with Crippen LogP contribution in [0.25, 0.3) is 0 Å². The summed E-state index contributed by atoms with van der Waals surface area (Å²) in [5, 5.41) is 9.80. The monoisotopic (exact) mass is 300 g/mol.